The summed E-state index contributed by atoms with van der Waals surface area (Å²) in [7, 11) is 1.68. The molecule has 1 aliphatic heterocycles. The number of fused-ring (bicyclic) bond motifs is 1. The van der Waals surface area contributed by atoms with E-state index in [0.29, 0.717) is 13.0 Å². The molecule has 1 heterocycles. The molecule has 3 nitrogen and oxygen atoms in total. The average molecular weight is 222 g/mol. The number of para-hydroxylation sites is 1. The van der Waals surface area contributed by atoms with Gasteiger partial charge in [-0.25, -0.2) is 0 Å². The van der Waals surface area contributed by atoms with Gasteiger partial charge in [-0.3, -0.25) is 0 Å². The van der Waals surface area contributed by atoms with Crippen LogP contribution in [0.1, 0.15) is 25.0 Å². The molecule has 0 aliphatic carbocycles. The first-order valence-corrected chi connectivity index (χ1v) is 5.65. The van der Waals surface area contributed by atoms with Crippen molar-refractivity contribution < 1.29 is 14.6 Å². The third-order valence-electron chi connectivity index (χ3n) is 3.08. The smallest absolute Gasteiger partial charge is 0.125 e. The monoisotopic (exact) mass is 222 g/mol. The molecule has 1 N–H and O–H groups in total. The van der Waals surface area contributed by atoms with Crippen LogP contribution in [0.3, 0.4) is 0 Å². The van der Waals surface area contributed by atoms with E-state index in [4.69, 9.17) is 9.47 Å². The molecule has 0 spiro atoms. The lowest BCUT2D eigenvalue weighted by Gasteiger charge is -2.32. The molecule has 0 amide bonds. The van der Waals surface area contributed by atoms with Crippen LogP contribution in [0.2, 0.25) is 0 Å². The number of methoxy groups -OCH3 is 1. The van der Waals surface area contributed by atoms with E-state index in [1.54, 1.807) is 7.11 Å². The van der Waals surface area contributed by atoms with Crippen LogP contribution in [0.4, 0.5) is 0 Å². The van der Waals surface area contributed by atoms with Crippen molar-refractivity contribution in [1.82, 2.24) is 0 Å². The maximum Gasteiger partial charge on any atom is 0.125 e. The molecular formula is C13H18O3. The van der Waals surface area contributed by atoms with Crippen molar-refractivity contribution in [2.24, 2.45) is 5.92 Å². The van der Waals surface area contributed by atoms with Gasteiger partial charge in [-0.05, 0) is 6.07 Å². The Morgan fingerprint density at radius 3 is 3.00 bits per heavy atom. The summed E-state index contributed by atoms with van der Waals surface area (Å²) < 4.78 is 11.0. The Balaban J connectivity index is 2.14. The molecular weight excluding hydrogens is 204 g/mol. The summed E-state index contributed by atoms with van der Waals surface area (Å²) in [5, 5.41) is 10.0. The molecule has 0 fully saturated rings. The number of rotatable bonds is 3. The third-order valence-corrected chi connectivity index (χ3v) is 3.08. The maximum atomic E-state index is 10.0. The van der Waals surface area contributed by atoms with Gasteiger partial charge in [0.15, 0.2) is 0 Å². The minimum atomic E-state index is -0.422. The summed E-state index contributed by atoms with van der Waals surface area (Å²) in [4.78, 5) is 0. The van der Waals surface area contributed by atoms with E-state index in [0.717, 1.165) is 11.3 Å². The fraction of sp³-hybridized carbons (Fsp3) is 0.538. The molecule has 3 atom stereocenters. The van der Waals surface area contributed by atoms with Crippen LogP contribution in [-0.4, -0.2) is 24.9 Å². The molecule has 0 aromatic heterocycles. The van der Waals surface area contributed by atoms with Gasteiger partial charge in [0.2, 0.25) is 0 Å². The van der Waals surface area contributed by atoms with Gasteiger partial charge in [0.05, 0.1) is 12.7 Å². The topological polar surface area (TPSA) is 38.7 Å². The predicted octanol–water partition coefficient (Wildman–Crippen LogP) is 2.15. The van der Waals surface area contributed by atoms with E-state index in [1.807, 2.05) is 24.3 Å². The Hall–Kier alpha value is -1.06. The molecule has 0 bridgehead atoms. The molecule has 0 radical (unpaired) electrons. The number of hydrogen-bond acceptors (Lipinski definition) is 3. The molecule has 1 aliphatic rings. The van der Waals surface area contributed by atoms with Crippen molar-refractivity contribution in [3.05, 3.63) is 29.8 Å². The van der Waals surface area contributed by atoms with E-state index in [9.17, 15) is 5.11 Å². The largest absolute Gasteiger partial charge is 0.490 e. The maximum absolute atomic E-state index is 10.0. The number of aliphatic hydroxyl groups is 1. The molecule has 0 saturated carbocycles. The summed E-state index contributed by atoms with van der Waals surface area (Å²) in [6, 6.07) is 7.67. The predicted molar refractivity (Wildman–Crippen MR) is 61.5 cm³/mol. The Labute approximate surface area is 96.0 Å². The molecule has 3 unspecified atom stereocenters. The Morgan fingerprint density at radius 2 is 2.25 bits per heavy atom. The second-order valence-corrected chi connectivity index (χ2v) is 4.38. The average Bonchev–Trinajstić information content (AvgIpc) is 2.29. The zero-order valence-corrected chi connectivity index (χ0v) is 9.72. The second kappa shape index (κ2) is 4.85. The van der Waals surface area contributed by atoms with E-state index < -0.39 is 6.10 Å². The van der Waals surface area contributed by atoms with E-state index in [-0.39, 0.29) is 12.0 Å². The first-order valence-electron chi connectivity index (χ1n) is 5.65. The molecule has 16 heavy (non-hydrogen) atoms. The van der Waals surface area contributed by atoms with Crippen molar-refractivity contribution in [3.63, 3.8) is 0 Å². The van der Waals surface area contributed by atoms with Crippen LogP contribution < -0.4 is 4.74 Å². The summed E-state index contributed by atoms with van der Waals surface area (Å²) in [6.07, 6.45) is 0.251. The van der Waals surface area contributed by atoms with E-state index in [1.165, 1.54) is 0 Å². The van der Waals surface area contributed by atoms with Gasteiger partial charge < -0.3 is 14.6 Å². The molecule has 2 rings (SSSR count). The van der Waals surface area contributed by atoms with Crippen LogP contribution in [0, 0.1) is 5.92 Å². The lowest BCUT2D eigenvalue weighted by Crippen LogP contribution is -2.33. The van der Waals surface area contributed by atoms with Crippen molar-refractivity contribution >= 4 is 0 Å². The zero-order valence-electron chi connectivity index (χ0n) is 9.72. The molecule has 88 valence electrons. The van der Waals surface area contributed by atoms with Crippen LogP contribution in [0.25, 0.3) is 0 Å². The third kappa shape index (κ3) is 2.20. The normalized spacial score (nSPS) is 25.7. The highest BCUT2D eigenvalue weighted by Gasteiger charge is 2.30. The highest BCUT2D eigenvalue weighted by molar-refractivity contribution is 5.36. The van der Waals surface area contributed by atoms with Gasteiger partial charge in [0.25, 0.3) is 0 Å². The lowest BCUT2D eigenvalue weighted by molar-refractivity contribution is 0.0137. The van der Waals surface area contributed by atoms with Crippen LogP contribution in [0.15, 0.2) is 24.3 Å². The van der Waals surface area contributed by atoms with Crippen LogP contribution in [0.5, 0.6) is 5.75 Å². The van der Waals surface area contributed by atoms with Crippen molar-refractivity contribution in [2.45, 2.75) is 25.6 Å². The highest BCUT2D eigenvalue weighted by atomic mass is 16.5. The highest BCUT2D eigenvalue weighted by Crippen LogP contribution is 2.36. The van der Waals surface area contributed by atoms with Gasteiger partial charge in [-0.15, -0.1) is 0 Å². The number of benzene rings is 1. The van der Waals surface area contributed by atoms with Gasteiger partial charge in [0.1, 0.15) is 11.9 Å². The van der Waals surface area contributed by atoms with Gasteiger partial charge >= 0.3 is 0 Å². The van der Waals surface area contributed by atoms with Crippen molar-refractivity contribution in [2.75, 3.05) is 13.7 Å². The van der Waals surface area contributed by atoms with Gasteiger partial charge in [-0.2, -0.15) is 0 Å². The number of hydrogen-bond donors (Lipinski definition) is 1. The fourth-order valence-corrected chi connectivity index (χ4v) is 2.14. The first-order chi connectivity index (χ1) is 7.72. The standard InChI is InChI=1S/C13H18O3/c1-9(8-15-2)13-7-11(14)10-5-3-4-6-12(10)16-13/h3-6,9,11,13-14H,7-8H2,1-2H3. The summed E-state index contributed by atoms with van der Waals surface area (Å²) in [6.45, 7) is 2.73. The lowest BCUT2D eigenvalue weighted by atomic mass is 9.93. The van der Waals surface area contributed by atoms with Gasteiger partial charge in [0, 0.05) is 25.0 Å². The minimum absolute atomic E-state index is 0.0323. The van der Waals surface area contributed by atoms with Crippen LogP contribution >= 0.6 is 0 Å². The fourth-order valence-electron chi connectivity index (χ4n) is 2.14. The molecule has 1 aromatic carbocycles. The molecule has 0 saturated heterocycles. The summed E-state index contributed by atoms with van der Waals surface area (Å²) >= 11 is 0. The summed E-state index contributed by atoms with van der Waals surface area (Å²) in [5.74, 6) is 1.09. The van der Waals surface area contributed by atoms with Crippen molar-refractivity contribution in [1.29, 1.82) is 0 Å². The second-order valence-electron chi connectivity index (χ2n) is 4.38. The minimum Gasteiger partial charge on any atom is -0.490 e. The SMILES string of the molecule is COCC(C)C1CC(O)c2ccccc2O1. The van der Waals surface area contributed by atoms with E-state index >= 15 is 0 Å². The first kappa shape index (κ1) is 11.4. The quantitative estimate of drug-likeness (QED) is 0.851. The molecule has 1 aromatic rings. The Kier molecular flexibility index (Phi) is 3.46. The van der Waals surface area contributed by atoms with E-state index in [2.05, 4.69) is 6.92 Å². The number of aliphatic hydroxyl groups excluding tert-OH is 1. The Bertz CT molecular complexity index is 351. The van der Waals surface area contributed by atoms with Crippen molar-refractivity contribution in [3.8, 4) is 5.75 Å². The number of ether oxygens (including phenoxy) is 2. The molecule has 3 heteroatoms. The van der Waals surface area contributed by atoms with Gasteiger partial charge in [-0.1, -0.05) is 25.1 Å². The Morgan fingerprint density at radius 1 is 1.50 bits per heavy atom. The summed E-state index contributed by atoms with van der Waals surface area (Å²) in [5.41, 5.74) is 0.892. The zero-order chi connectivity index (χ0) is 11.5. The van der Waals surface area contributed by atoms with Crippen LogP contribution in [-0.2, 0) is 4.74 Å².